The van der Waals surface area contributed by atoms with E-state index in [0.29, 0.717) is 0 Å². The van der Waals surface area contributed by atoms with Crippen molar-refractivity contribution in [3.63, 3.8) is 0 Å². The Morgan fingerprint density at radius 1 is 1.41 bits per heavy atom. The fraction of sp³-hybridized carbons (Fsp3) is 0.455. The molecule has 3 N–H and O–H groups in total. The zero-order valence-electron chi connectivity index (χ0n) is 9.23. The van der Waals surface area contributed by atoms with Gasteiger partial charge in [0.1, 0.15) is 6.26 Å². The molecule has 0 atom stereocenters. The first kappa shape index (κ1) is 11.7. The number of piperidine rings is 1. The molecule has 6 nitrogen and oxygen atoms in total. The summed E-state index contributed by atoms with van der Waals surface area (Å²) in [4.78, 5) is 22.4. The zero-order valence-corrected chi connectivity index (χ0v) is 9.23. The summed E-state index contributed by atoms with van der Waals surface area (Å²) in [6, 6.07) is 1.36. The summed E-state index contributed by atoms with van der Waals surface area (Å²) in [7, 11) is 0. The normalized spacial score (nSPS) is 16.7. The Labute approximate surface area is 98.0 Å². The van der Waals surface area contributed by atoms with Crippen LogP contribution in [0.25, 0.3) is 0 Å². The highest BCUT2D eigenvalue weighted by molar-refractivity contribution is 5.95. The summed E-state index contributed by atoms with van der Waals surface area (Å²) < 4.78 is 4.92. The van der Waals surface area contributed by atoms with Gasteiger partial charge in [-0.25, -0.2) is 4.79 Å². The van der Waals surface area contributed by atoms with E-state index in [0.717, 1.165) is 32.2 Å². The number of nitrogens with one attached hydrogen (secondary N) is 2. The third-order valence-electron chi connectivity index (χ3n) is 2.74. The van der Waals surface area contributed by atoms with E-state index in [1.165, 1.54) is 6.07 Å². The van der Waals surface area contributed by atoms with Gasteiger partial charge in [0.25, 0.3) is 5.91 Å². The second-order valence-corrected chi connectivity index (χ2v) is 4.00. The van der Waals surface area contributed by atoms with Gasteiger partial charge >= 0.3 is 5.97 Å². The molecule has 0 spiro atoms. The lowest BCUT2D eigenvalue weighted by Crippen LogP contribution is -2.42. The molecule has 0 radical (unpaired) electrons. The quantitative estimate of drug-likeness (QED) is 0.711. The Hall–Kier alpha value is -1.82. The van der Waals surface area contributed by atoms with E-state index in [9.17, 15) is 9.59 Å². The van der Waals surface area contributed by atoms with Gasteiger partial charge in [-0.1, -0.05) is 0 Å². The van der Waals surface area contributed by atoms with Gasteiger partial charge in [-0.15, -0.1) is 0 Å². The molecule has 0 unspecified atom stereocenters. The average molecular weight is 238 g/mol. The number of amides is 1. The Morgan fingerprint density at radius 3 is 2.71 bits per heavy atom. The minimum atomic E-state index is -1.10. The molecule has 2 rings (SSSR count). The van der Waals surface area contributed by atoms with Crippen LogP contribution in [0.5, 0.6) is 0 Å². The molecule has 2 heterocycles. The number of carbonyl (C=O) groups excluding carboxylic acids is 1. The lowest BCUT2D eigenvalue weighted by molar-refractivity contribution is 0.0695. The molecule has 1 aromatic rings. The molecule has 0 aliphatic carbocycles. The summed E-state index contributed by atoms with van der Waals surface area (Å²) in [5.74, 6) is -1.42. The zero-order chi connectivity index (χ0) is 12.3. The number of carboxylic acid groups (broad SMARTS) is 1. The van der Waals surface area contributed by atoms with E-state index in [2.05, 4.69) is 10.6 Å². The summed E-state index contributed by atoms with van der Waals surface area (Å²) in [5.41, 5.74) is -0.0135. The van der Waals surface area contributed by atoms with Crippen molar-refractivity contribution in [3.8, 4) is 0 Å². The van der Waals surface area contributed by atoms with Crippen molar-refractivity contribution in [1.82, 2.24) is 10.6 Å². The van der Waals surface area contributed by atoms with Gasteiger partial charge in [0, 0.05) is 12.1 Å². The molecule has 0 saturated carbocycles. The lowest BCUT2D eigenvalue weighted by atomic mass is 10.1. The Morgan fingerprint density at radius 2 is 2.12 bits per heavy atom. The highest BCUT2D eigenvalue weighted by Crippen LogP contribution is 2.09. The lowest BCUT2D eigenvalue weighted by Gasteiger charge is -2.23. The number of rotatable bonds is 3. The number of aromatic carboxylic acids is 1. The molecule has 1 amide bonds. The van der Waals surface area contributed by atoms with Gasteiger partial charge in [-0.3, -0.25) is 4.79 Å². The Bertz CT molecular complexity index is 421. The number of hydrogen-bond acceptors (Lipinski definition) is 4. The fourth-order valence-electron chi connectivity index (χ4n) is 1.79. The second-order valence-electron chi connectivity index (χ2n) is 4.00. The molecular weight excluding hydrogens is 224 g/mol. The van der Waals surface area contributed by atoms with E-state index < -0.39 is 5.97 Å². The minimum Gasteiger partial charge on any atom is -0.478 e. The largest absolute Gasteiger partial charge is 0.478 e. The van der Waals surface area contributed by atoms with Crippen LogP contribution in [0.3, 0.4) is 0 Å². The first-order valence-electron chi connectivity index (χ1n) is 5.50. The highest BCUT2D eigenvalue weighted by Gasteiger charge is 2.19. The third kappa shape index (κ3) is 2.85. The van der Waals surface area contributed by atoms with Crippen molar-refractivity contribution in [2.24, 2.45) is 0 Å². The molecule has 1 aliphatic heterocycles. The Kier molecular flexibility index (Phi) is 3.43. The first-order valence-corrected chi connectivity index (χ1v) is 5.50. The summed E-state index contributed by atoms with van der Waals surface area (Å²) in [6.07, 6.45) is 2.82. The maximum atomic E-state index is 11.7. The van der Waals surface area contributed by atoms with Crippen molar-refractivity contribution in [1.29, 1.82) is 0 Å². The van der Waals surface area contributed by atoms with Crippen LogP contribution >= 0.6 is 0 Å². The SMILES string of the molecule is O=C(O)c1coc(C(=O)NC2CCNCC2)c1. The Balaban J connectivity index is 1.96. The van der Waals surface area contributed by atoms with E-state index in [1.807, 2.05) is 0 Å². The topological polar surface area (TPSA) is 91.6 Å². The van der Waals surface area contributed by atoms with Gasteiger partial charge in [0.05, 0.1) is 5.56 Å². The monoisotopic (exact) mass is 238 g/mol. The summed E-state index contributed by atoms with van der Waals surface area (Å²) in [5, 5.41) is 14.7. The van der Waals surface area contributed by atoms with E-state index >= 15 is 0 Å². The average Bonchev–Trinajstić information content (AvgIpc) is 2.79. The molecule has 17 heavy (non-hydrogen) atoms. The van der Waals surface area contributed by atoms with Gasteiger partial charge in [0.2, 0.25) is 0 Å². The van der Waals surface area contributed by atoms with Crippen LogP contribution in [-0.2, 0) is 0 Å². The van der Waals surface area contributed by atoms with Gasteiger partial charge in [-0.2, -0.15) is 0 Å². The van der Waals surface area contributed by atoms with Crippen molar-refractivity contribution in [3.05, 3.63) is 23.7 Å². The van der Waals surface area contributed by atoms with Gasteiger partial charge < -0.3 is 20.2 Å². The standard InChI is InChI=1S/C11H14N2O4/c14-10(13-8-1-3-12-4-2-8)9-5-7(6-17-9)11(15)16/h5-6,8,12H,1-4H2,(H,13,14)(H,15,16). The van der Waals surface area contributed by atoms with Crippen molar-refractivity contribution in [2.75, 3.05) is 13.1 Å². The highest BCUT2D eigenvalue weighted by atomic mass is 16.4. The molecule has 0 aromatic carbocycles. The van der Waals surface area contributed by atoms with E-state index in [4.69, 9.17) is 9.52 Å². The smallest absolute Gasteiger partial charge is 0.338 e. The molecule has 1 saturated heterocycles. The van der Waals surface area contributed by atoms with Crippen LogP contribution in [0.4, 0.5) is 0 Å². The van der Waals surface area contributed by atoms with Crippen LogP contribution in [0, 0.1) is 0 Å². The molecule has 92 valence electrons. The maximum Gasteiger partial charge on any atom is 0.338 e. The van der Waals surface area contributed by atoms with Crippen LogP contribution in [0.2, 0.25) is 0 Å². The first-order chi connectivity index (χ1) is 8.16. The van der Waals surface area contributed by atoms with E-state index in [1.54, 1.807) is 0 Å². The number of furan rings is 1. The van der Waals surface area contributed by atoms with Crippen molar-refractivity contribution in [2.45, 2.75) is 18.9 Å². The fourth-order valence-corrected chi connectivity index (χ4v) is 1.79. The third-order valence-corrected chi connectivity index (χ3v) is 2.74. The number of hydrogen-bond donors (Lipinski definition) is 3. The predicted molar refractivity (Wildman–Crippen MR) is 59.0 cm³/mol. The van der Waals surface area contributed by atoms with Gasteiger partial charge in [-0.05, 0) is 25.9 Å². The van der Waals surface area contributed by atoms with E-state index in [-0.39, 0.29) is 23.3 Å². The van der Waals surface area contributed by atoms with Crippen LogP contribution in [-0.4, -0.2) is 36.1 Å². The number of carbonyl (C=O) groups is 2. The molecule has 6 heteroatoms. The molecule has 1 aliphatic rings. The summed E-state index contributed by atoms with van der Waals surface area (Å²) >= 11 is 0. The van der Waals surface area contributed by atoms with Crippen molar-refractivity contribution >= 4 is 11.9 Å². The minimum absolute atomic E-state index is 0.0135. The van der Waals surface area contributed by atoms with Gasteiger partial charge in [0.15, 0.2) is 5.76 Å². The van der Waals surface area contributed by atoms with Crippen LogP contribution in [0.15, 0.2) is 16.7 Å². The van der Waals surface area contributed by atoms with Crippen LogP contribution < -0.4 is 10.6 Å². The predicted octanol–water partition coefficient (Wildman–Crippen LogP) is 0.460. The van der Waals surface area contributed by atoms with Crippen LogP contribution in [0.1, 0.15) is 33.8 Å². The second kappa shape index (κ2) is 5.01. The maximum absolute atomic E-state index is 11.7. The molecule has 0 bridgehead atoms. The molecular formula is C11H14N2O4. The van der Waals surface area contributed by atoms with Crippen molar-refractivity contribution < 1.29 is 19.1 Å². The molecule has 1 aromatic heterocycles. The summed E-state index contributed by atoms with van der Waals surface area (Å²) in [6.45, 7) is 1.76. The number of carboxylic acids is 1. The molecule has 1 fully saturated rings.